The van der Waals surface area contributed by atoms with Crippen molar-refractivity contribution < 1.29 is 76.8 Å². The number of likely N-dealkylation sites (N-methyl/N-ethyl adjacent to an activating group) is 2. The first kappa shape index (κ1) is 57.7. The van der Waals surface area contributed by atoms with Crippen LogP contribution in [0, 0.1) is 17.8 Å². The minimum Gasteiger partial charge on any atom is -0.462 e. The third kappa shape index (κ3) is 16.3. The summed E-state index contributed by atoms with van der Waals surface area (Å²) >= 11 is 0. The van der Waals surface area contributed by atoms with Gasteiger partial charge in [0.2, 0.25) is 0 Å². The Morgan fingerprint density at radius 1 is 0.897 bits per heavy atom. The first-order chi connectivity index (χ1) is 31.9. The van der Waals surface area contributed by atoms with E-state index in [4.69, 9.17) is 47.4 Å². The predicted octanol–water partition coefficient (Wildman–Crippen LogP) is 4.49. The maximum absolute atomic E-state index is 13.5. The minimum absolute atomic E-state index is 0.0447. The van der Waals surface area contributed by atoms with Crippen LogP contribution < -0.4 is 0 Å². The number of aliphatic hydroxyl groups is 2. The Balaban J connectivity index is 1.69. The average molecular weight is 969 g/mol. The zero-order valence-corrected chi connectivity index (χ0v) is 43.0. The largest absolute Gasteiger partial charge is 0.462 e. The fourth-order valence-corrected chi connectivity index (χ4v) is 10.1. The van der Waals surface area contributed by atoms with E-state index in [1.807, 2.05) is 66.1 Å². The molecule has 2 N–H and O–H groups in total. The van der Waals surface area contributed by atoms with Gasteiger partial charge in [0.1, 0.15) is 42.4 Å². The molecule has 19 unspecified atom stereocenters. The van der Waals surface area contributed by atoms with Gasteiger partial charge in [-0.25, -0.2) is 0 Å². The Morgan fingerprint density at radius 3 is 2.18 bits per heavy atom. The molecule has 4 aliphatic rings. The summed E-state index contributed by atoms with van der Waals surface area (Å²) in [5.41, 5.74) is -1.51. The van der Waals surface area contributed by atoms with Crippen LogP contribution in [0.25, 0.3) is 0 Å². The number of rotatable bonds is 15. The minimum atomic E-state index is -1.51. The zero-order chi connectivity index (χ0) is 50.6. The van der Waals surface area contributed by atoms with E-state index in [1.54, 1.807) is 46.7 Å². The summed E-state index contributed by atoms with van der Waals surface area (Å²) in [6.07, 6.45) is -1.77. The number of carbonyl (C=O) groups excluding carboxylic acids is 4. The van der Waals surface area contributed by atoms with Crippen LogP contribution in [0.3, 0.4) is 0 Å². The van der Waals surface area contributed by atoms with Gasteiger partial charge in [-0.3, -0.25) is 14.4 Å². The number of hydrogen-bond donors (Lipinski definition) is 2. The van der Waals surface area contributed by atoms with Crippen molar-refractivity contribution in [3.05, 3.63) is 24.3 Å². The third-order valence-electron chi connectivity index (χ3n) is 13.5. The van der Waals surface area contributed by atoms with E-state index in [2.05, 4.69) is 4.90 Å². The molecule has 0 aliphatic carbocycles. The molecule has 0 amide bonds. The van der Waals surface area contributed by atoms with E-state index in [0.29, 0.717) is 19.3 Å². The maximum atomic E-state index is 13.5. The highest BCUT2D eigenvalue weighted by atomic mass is 16.7. The Labute approximate surface area is 404 Å². The second kappa shape index (κ2) is 26.5. The van der Waals surface area contributed by atoms with Crippen LogP contribution in [0.2, 0.25) is 0 Å². The molecule has 4 heterocycles. The summed E-state index contributed by atoms with van der Waals surface area (Å²) in [7, 11) is 9.01. The number of aldehydes is 1. The molecule has 0 aromatic heterocycles. The molecule has 19 atom stereocenters. The van der Waals surface area contributed by atoms with E-state index in [-0.39, 0.29) is 43.2 Å². The number of hydrogen-bond acceptors (Lipinski definition) is 18. The monoisotopic (exact) mass is 969 g/mol. The Hall–Kier alpha value is -2.88. The molecule has 0 bridgehead atoms. The van der Waals surface area contributed by atoms with Crippen molar-refractivity contribution in [1.82, 2.24) is 9.80 Å². The second-order valence-electron chi connectivity index (χ2n) is 20.5. The molecule has 68 heavy (non-hydrogen) atoms. The van der Waals surface area contributed by atoms with Gasteiger partial charge in [0.15, 0.2) is 25.0 Å². The lowest BCUT2D eigenvalue weighted by Gasteiger charge is -2.50. The van der Waals surface area contributed by atoms with Gasteiger partial charge in [0.25, 0.3) is 0 Å². The molecule has 0 spiro atoms. The molecule has 0 saturated carbocycles. The highest BCUT2D eigenvalue weighted by Crippen LogP contribution is 2.38. The first-order valence-electron chi connectivity index (χ1n) is 24.5. The number of ether oxygens (including phenoxy) is 10. The number of nitrogens with zero attached hydrogens (tertiary/aromatic N) is 2. The molecule has 4 rings (SSSR count). The van der Waals surface area contributed by atoms with Gasteiger partial charge >= 0.3 is 17.9 Å². The van der Waals surface area contributed by atoms with Crippen LogP contribution in [0.15, 0.2) is 24.3 Å². The SMILES string of the molecule is COC1C(OC(C)=O)CC(=O)OC(C)C/C=C/C=C/C(OC2CCC(N(C)C)C(C)O2)C(C)CC(CC=O)C1OC1OC(C)C(OC2CC(C)(O)C(OC(=O)CC(C)C)C(C)O2)C(N(C)C)C1O. The Bertz CT molecular complexity index is 1660. The topological polar surface area (TPSA) is 208 Å². The van der Waals surface area contributed by atoms with Crippen LogP contribution in [-0.4, -0.2) is 183 Å². The average Bonchev–Trinajstić information content (AvgIpc) is 3.21. The molecule has 18 nitrogen and oxygen atoms in total. The highest BCUT2D eigenvalue weighted by molar-refractivity contribution is 5.72. The molecule has 4 aliphatic heterocycles. The zero-order valence-electron chi connectivity index (χ0n) is 43.0. The predicted molar refractivity (Wildman–Crippen MR) is 250 cm³/mol. The maximum Gasteiger partial charge on any atom is 0.309 e. The van der Waals surface area contributed by atoms with Gasteiger partial charge in [0, 0.05) is 45.8 Å². The van der Waals surface area contributed by atoms with Crippen LogP contribution in [-0.2, 0) is 66.5 Å². The van der Waals surface area contributed by atoms with Gasteiger partial charge in [-0.05, 0) is 99.8 Å². The van der Waals surface area contributed by atoms with Gasteiger partial charge in [0.05, 0.1) is 43.0 Å². The number of methoxy groups -OCH3 is 1. The number of aliphatic hydroxyl groups excluding tert-OH is 1. The molecule has 3 saturated heterocycles. The molecule has 18 heteroatoms. The normalized spacial score (nSPS) is 41.2. The summed E-state index contributed by atoms with van der Waals surface area (Å²) in [6, 6.07) is -0.550. The van der Waals surface area contributed by atoms with Crippen molar-refractivity contribution in [2.45, 2.75) is 217 Å². The molecular weight excluding hydrogens is 885 g/mol. The number of cyclic esters (lactones) is 1. The van der Waals surface area contributed by atoms with Crippen molar-refractivity contribution >= 4 is 24.2 Å². The van der Waals surface area contributed by atoms with E-state index >= 15 is 0 Å². The van der Waals surface area contributed by atoms with Crippen molar-refractivity contribution in [2.24, 2.45) is 17.8 Å². The van der Waals surface area contributed by atoms with Crippen molar-refractivity contribution in [1.29, 1.82) is 0 Å². The van der Waals surface area contributed by atoms with Gasteiger partial charge < -0.3 is 72.2 Å². The van der Waals surface area contributed by atoms with Crippen molar-refractivity contribution in [3.8, 4) is 0 Å². The molecular formula is C50H84N2O16. The third-order valence-corrected chi connectivity index (χ3v) is 13.5. The van der Waals surface area contributed by atoms with Crippen LogP contribution in [0.4, 0.5) is 0 Å². The summed E-state index contributed by atoms with van der Waals surface area (Å²) in [5, 5.41) is 23.9. The molecule has 0 radical (unpaired) electrons. The fraction of sp³-hybridized carbons (Fsp3) is 0.840. The Morgan fingerprint density at radius 2 is 1.59 bits per heavy atom. The van der Waals surface area contributed by atoms with Gasteiger partial charge in [-0.2, -0.15) is 0 Å². The molecule has 0 aromatic carbocycles. The Kier molecular flexibility index (Phi) is 22.5. The second-order valence-corrected chi connectivity index (χ2v) is 20.5. The summed E-state index contributed by atoms with van der Waals surface area (Å²) in [5.74, 6) is -2.62. The van der Waals surface area contributed by atoms with Gasteiger partial charge in [-0.1, -0.05) is 45.1 Å². The van der Waals surface area contributed by atoms with Gasteiger partial charge in [-0.15, -0.1) is 0 Å². The molecule has 0 aromatic rings. The fourth-order valence-electron chi connectivity index (χ4n) is 10.1. The number of esters is 3. The van der Waals surface area contributed by atoms with Crippen molar-refractivity contribution in [2.75, 3.05) is 35.3 Å². The van der Waals surface area contributed by atoms with Crippen molar-refractivity contribution in [3.63, 3.8) is 0 Å². The van der Waals surface area contributed by atoms with Crippen LogP contribution in [0.1, 0.15) is 114 Å². The van der Waals surface area contributed by atoms with Crippen LogP contribution >= 0.6 is 0 Å². The lowest BCUT2D eigenvalue weighted by Crippen LogP contribution is -2.66. The van der Waals surface area contributed by atoms with E-state index < -0.39 is 122 Å². The standard InChI is InChI=1S/C50H84N2O16/c1-28(2)24-39(55)66-48-33(7)62-42(27-50(48,9)58)67-45-32(6)63-49(44(57)43(45)52(12)13)68-46-35(22-23-53)25-29(3)37(65-41-21-20-36(51(10)11)31(5)61-41)19-17-15-16-18-30(4)60-40(56)26-38(47(46)59-14)64-34(8)54/h15-17,19,23,28-33,35-38,41-49,57-58H,18,20-22,24-27H2,1-14H3/b16-15+,19-17+. The molecule has 3 fully saturated rings. The van der Waals surface area contributed by atoms with E-state index in [0.717, 1.165) is 12.7 Å². The summed E-state index contributed by atoms with van der Waals surface area (Å²) in [4.78, 5) is 55.5. The lowest BCUT2D eigenvalue weighted by molar-refractivity contribution is -0.344. The summed E-state index contributed by atoms with van der Waals surface area (Å²) in [6.45, 7) is 15.9. The van der Waals surface area contributed by atoms with Crippen LogP contribution in [0.5, 0.6) is 0 Å². The lowest BCUT2D eigenvalue weighted by atomic mass is 9.82. The smallest absolute Gasteiger partial charge is 0.309 e. The summed E-state index contributed by atoms with van der Waals surface area (Å²) < 4.78 is 62.7. The number of allylic oxidation sites excluding steroid dienone is 2. The highest BCUT2D eigenvalue weighted by Gasteiger charge is 2.53. The van der Waals surface area contributed by atoms with E-state index in [9.17, 15) is 29.4 Å². The quantitative estimate of drug-likeness (QED) is 0.132. The molecule has 390 valence electrons. The number of carbonyl (C=O) groups is 4. The first-order valence-corrected chi connectivity index (χ1v) is 24.5. The van der Waals surface area contributed by atoms with E-state index in [1.165, 1.54) is 14.0 Å².